The first-order chi connectivity index (χ1) is 11.0. The highest BCUT2D eigenvalue weighted by molar-refractivity contribution is 5.80. The molecule has 6 heteroatoms. The van der Waals surface area contributed by atoms with Crippen LogP contribution >= 0.6 is 0 Å². The number of fused-ring (bicyclic) bond motifs is 1. The van der Waals surface area contributed by atoms with Crippen molar-refractivity contribution < 1.29 is 19.4 Å². The highest BCUT2D eigenvalue weighted by atomic mass is 16.5. The van der Waals surface area contributed by atoms with Crippen LogP contribution < -0.4 is 9.47 Å². The predicted molar refractivity (Wildman–Crippen MR) is 88.2 cm³/mol. The number of carboxylic acids is 1. The summed E-state index contributed by atoms with van der Waals surface area (Å²) in [6.07, 6.45) is 1.56. The third-order valence-corrected chi connectivity index (χ3v) is 3.70. The van der Waals surface area contributed by atoms with E-state index in [1.807, 2.05) is 12.1 Å². The molecular formula is C17H24N2O4. The predicted octanol–water partition coefficient (Wildman–Crippen LogP) is 3.12. The van der Waals surface area contributed by atoms with Gasteiger partial charge in [-0.25, -0.2) is 4.98 Å². The summed E-state index contributed by atoms with van der Waals surface area (Å²) < 4.78 is 12.8. The number of ether oxygens (including phenoxy) is 2. The number of carboxylic acid groups (broad SMARTS) is 1. The van der Waals surface area contributed by atoms with Gasteiger partial charge in [0.25, 0.3) is 0 Å². The molecule has 6 nitrogen and oxygen atoms in total. The zero-order chi connectivity index (χ0) is 17.0. The van der Waals surface area contributed by atoms with Crippen molar-refractivity contribution in [2.45, 2.75) is 39.7 Å². The molecule has 0 aliphatic rings. The Morgan fingerprint density at radius 2 is 1.91 bits per heavy atom. The van der Waals surface area contributed by atoms with Crippen LogP contribution in [0.15, 0.2) is 12.1 Å². The van der Waals surface area contributed by atoms with E-state index in [1.54, 1.807) is 14.2 Å². The number of hydrogen-bond acceptors (Lipinski definition) is 4. The van der Waals surface area contributed by atoms with Crippen LogP contribution in [0.1, 0.15) is 32.5 Å². The van der Waals surface area contributed by atoms with Crippen LogP contribution in [0.25, 0.3) is 11.0 Å². The monoisotopic (exact) mass is 320 g/mol. The molecule has 0 saturated heterocycles. The topological polar surface area (TPSA) is 73.6 Å². The minimum Gasteiger partial charge on any atom is -0.493 e. The van der Waals surface area contributed by atoms with E-state index in [-0.39, 0.29) is 6.42 Å². The van der Waals surface area contributed by atoms with Gasteiger partial charge in [-0.1, -0.05) is 13.8 Å². The van der Waals surface area contributed by atoms with Gasteiger partial charge in [-0.05, 0) is 12.3 Å². The fourth-order valence-electron chi connectivity index (χ4n) is 2.66. The Hall–Kier alpha value is -2.24. The maximum atomic E-state index is 10.8. The first-order valence-electron chi connectivity index (χ1n) is 7.79. The van der Waals surface area contributed by atoms with E-state index >= 15 is 0 Å². The number of hydrogen-bond donors (Lipinski definition) is 1. The number of carbonyl (C=O) groups is 1. The van der Waals surface area contributed by atoms with Crippen LogP contribution in [0.4, 0.5) is 0 Å². The third-order valence-electron chi connectivity index (χ3n) is 3.70. The van der Waals surface area contributed by atoms with Gasteiger partial charge in [-0.3, -0.25) is 4.79 Å². The first-order valence-corrected chi connectivity index (χ1v) is 7.79. The Morgan fingerprint density at radius 1 is 1.26 bits per heavy atom. The van der Waals surface area contributed by atoms with Crippen LogP contribution in [-0.2, 0) is 17.8 Å². The van der Waals surface area contributed by atoms with Gasteiger partial charge in [-0.2, -0.15) is 0 Å². The number of aryl methyl sites for hydroxylation is 1. The standard InChI is InChI=1S/C17H24N2O4/c1-11(2)8-16-18-12-9-14(22-3)15(23-4)10-13(12)19(16)7-5-6-17(20)21/h9-11H,5-8H2,1-4H3,(H,20,21). The van der Waals surface area contributed by atoms with Crippen molar-refractivity contribution in [2.75, 3.05) is 14.2 Å². The number of nitrogens with zero attached hydrogens (tertiary/aromatic N) is 2. The molecule has 1 aromatic heterocycles. The van der Waals surface area contributed by atoms with Crippen molar-refractivity contribution in [1.29, 1.82) is 0 Å². The Balaban J connectivity index is 2.46. The number of benzene rings is 1. The minimum absolute atomic E-state index is 0.147. The second kappa shape index (κ2) is 7.35. The molecule has 0 aliphatic heterocycles. The molecule has 0 saturated carbocycles. The third kappa shape index (κ3) is 3.94. The lowest BCUT2D eigenvalue weighted by atomic mass is 10.1. The van der Waals surface area contributed by atoms with Gasteiger partial charge in [0.1, 0.15) is 5.82 Å². The lowest BCUT2D eigenvalue weighted by Crippen LogP contribution is -2.08. The number of aromatic nitrogens is 2. The van der Waals surface area contributed by atoms with Crippen molar-refractivity contribution in [3.63, 3.8) is 0 Å². The van der Waals surface area contributed by atoms with Gasteiger partial charge in [0.2, 0.25) is 0 Å². The second-order valence-electron chi connectivity index (χ2n) is 5.97. The molecule has 0 aliphatic carbocycles. The molecule has 0 unspecified atom stereocenters. The number of rotatable bonds is 8. The maximum Gasteiger partial charge on any atom is 0.303 e. The Morgan fingerprint density at radius 3 is 2.48 bits per heavy atom. The normalized spacial score (nSPS) is 11.2. The van der Waals surface area contributed by atoms with Crippen LogP contribution in [0.2, 0.25) is 0 Å². The molecule has 2 rings (SSSR count). The van der Waals surface area contributed by atoms with Gasteiger partial charge in [0.05, 0.1) is 25.3 Å². The summed E-state index contributed by atoms with van der Waals surface area (Å²) in [6, 6.07) is 3.78. The molecule has 0 amide bonds. The Labute approximate surface area is 136 Å². The summed E-state index contributed by atoms with van der Waals surface area (Å²) in [5, 5.41) is 8.86. The molecule has 1 N–H and O–H groups in total. The molecule has 2 aromatic rings. The molecule has 0 atom stereocenters. The van der Waals surface area contributed by atoms with Gasteiger partial charge in [-0.15, -0.1) is 0 Å². The van der Waals surface area contributed by atoms with E-state index < -0.39 is 5.97 Å². The molecule has 0 spiro atoms. The highest BCUT2D eigenvalue weighted by Crippen LogP contribution is 2.33. The maximum absolute atomic E-state index is 10.8. The Kier molecular flexibility index (Phi) is 5.47. The SMILES string of the molecule is COc1cc2nc(CC(C)C)n(CCCC(=O)O)c2cc1OC. The average Bonchev–Trinajstić information content (AvgIpc) is 2.81. The molecule has 0 fully saturated rings. The van der Waals surface area contributed by atoms with Crippen molar-refractivity contribution in [3.8, 4) is 11.5 Å². The first kappa shape index (κ1) is 17.1. The van der Waals surface area contributed by atoms with E-state index in [2.05, 4.69) is 18.4 Å². The number of aliphatic carboxylic acids is 1. The fourth-order valence-corrected chi connectivity index (χ4v) is 2.66. The smallest absolute Gasteiger partial charge is 0.303 e. The van der Waals surface area contributed by atoms with E-state index in [0.717, 1.165) is 23.3 Å². The summed E-state index contributed by atoms with van der Waals surface area (Å²) in [6.45, 7) is 4.91. The zero-order valence-electron chi connectivity index (χ0n) is 14.1. The summed E-state index contributed by atoms with van der Waals surface area (Å²) in [4.78, 5) is 15.5. The molecule has 23 heavy (non-hydrogen) atoms. The zero-order valence-corrected chi connectivity index (χ0v) is 14.1. The van der Waals surface area contributed by atoms with E-state index in [1.165, 1.54) is 0 Å². The molecular weight excluding hydrogens is 296 g/mol. The minimum atomic E-state index is -0.779. The van der Waals surface area contributed by atoms with Crippen LogP contribution in [0, 0.1) is 5.92 Å². The van der Waals surface area contributed by atoms with Gasteiger partial charge >= 0.3 is 5.97 Å². The van der Waals surface area contributed by atoms with Crippen molar-refractivity contribution in [3.05, 3.63) is 18.0 Å². The van der Waals surface area contributed by atoms with E-state index in [9.17, 15) is 4.79 Å². The highest BCUT2D eigenvalue weighted by Gasteiger charge is 2.16. The van der Waals surface area contributed by atoms with E-state index in [0.29, 0.717) is 30.4 Å². The fraction of sp³-hybridized carbons (Fsp3) is 0.529. The number of methoxy groups -OCH3 is 2. The summed E-state index contributed by atoms with van der Waals surface area (Å²) in [5.41, 5.74) is 1.79. The largest absolute Gasteiger partial charge is 0.493 e. The molecule has 126 valence electrons. The summed E-state index contributed by atoms with van der Waals surface area (Å²) >= 11 is 0. The van der Waals surface area contributed by atoms with Gasteiger partial charge < -0.3 is 19.1 Å². The summed E-state index contributed by atoms with van der Waals surface area (Å²) in [5.74, 6) is 1.95. The van der Waals surface area contributed by atoms with Gasteiger partial charge in [0.15, 0.2) is 11.5 Å². The lowest BCUT2D eigenvalue weighted by molar-refractivity contribution is -0.137. The van der Waals surface area contributed by atoms with E-state index in [4.69, 9.17) is 19.6 Å². The summed E-state index contributed by atoms with van der Waals surface area (Å²) in [7, 11) is 3.20. The lowest BCUT2D eigenvalue weighted by Gasteiger charge is -2.11. The van der Waals surface area contributed by atoms with Crippen LogP contribution in [0.5, 0.6) is 11.5 Å². The average molecular weight is 320 g/mol. The molecule has 1 aromatic carbocycles. The Bertz CT molecular complexity index is 691. The quantitative estimate of drug-likeness (QED) is 0.809. The van der Waals surface area contributed by atoms with Crippen molar-refractivity contribution >= 4 is 17.0 Å². The molecule has 1 heterocycles. The van der Waals surface area contributed by atoms with Crippen LogP contribution in [0.3, 0.4) is 0 Å². The second-order valence-corrected chi connectivity index (χ2v) is 5.97. The van der Waals surface area contributed by atoms with Gasteiger partial charge in [0, 0.05) is 31.5 Å². The molecule has 0 radical (unpaired) electrons. The van der Waals surface area contributed by atoms with Crippen LogP contribution in [-0.4, -0.2) is 34.8 Å². The number of imidazole rings is 1. The van der Waals surface area contributed by atoms with Crippen molar-refractivity contribution in [1.82, 2.24) is 9.55 Å². The van der Waals surface area contributed by atoms with Crippen molar-refractivity contribution in [2.24, 2.45) is 5.92 Å². The molecule has 0 bridgehead atoms.